The number of Topliss-reactive ketones (excluding diaryl/α,β-unsaturated/α-hetero) is 1. The van der Waals surface area contributed by atoms with E-state index in [1.807, 2.05) is 22.8 Å². The van der Waals surface area contributed by atoms with Crippen LogP contribution in [0.4, 0.5) is 0 Å². The molecule has 0 saturated heterocycles. The summed E-state index contributed by atoms with van der Waals surface area (Å²) in [5.74, 6) is 0.384. The van der Waals surface area contributed by atoms with Gasteiger partial charge >= 0.3 is 0 Å². The van der Waals surface area contributed by atoms with Crippen LogP contribution in [0.2, 0.25) is 0 Å². The monoisotopic (exact) mass is 420 g/mol. The highest BCUT2D eigenvalue weighted by Crippen LogP contribution is 2.22. The lowest BCUT2D eigenvalue weighted by Gasteiger charge is -2.04. The highest BCUT2D eigenvalue weighted by Gasteiger charge is 2.13. The molecule has 0 aromatic carbocycles. The van der Waals surface area contributed by atoms with E-state index in [1.54, 1.807) is 17.7 Å². The second-order valence-corrected chi connectivity index (χ2v) is 8.99. The Balaban J connectivity index is 1.49. The summed E-state index contributed by atoms with van der Waals surface area (Å²) in [7, 11) is 0. The van der Waals surface area contributed by atoms with Crippen molar-refractivity contribution in [1.82, 2.24) is 20.1 Å². The zero-order valence-corrected chi connectivity index (χ0v) is 17.3. The Hall–Kier alpha value is -1.97. The Morgan fingerprint density at radius 1 is 1.22 bits per heavy atom. The molecule has 3 aromatic rings. The quantitative estimate of drug-likeness (QED) is 0.402. The van der Waals surface area contributed by atoms with Gasteiger partial charge < -0.3 is 9.88 Å². The number of amides is 1. The Kier molecular flexibility index (Phi) is 7.19. The SMILES string of the molecule is CC(=O)NCCc1ccc(C(=O)CSc2nncn2CCc2cccs2)s1. The molecule has 3 heterocycles. The standard InChI is InChI=1S/C18H20N4O2S3/c1-13(23)19-8-6-15-4-5-17(27-15)16(24)11-26-18-21-20-12-22(18)9-7-14-3-2-10-25-14/h2-5,10,12H,6-9,11H2,1H3,(H,19,23). The number of aryl methyl sites for hydroxylation is 2. The first-order valence-corrected chi connectivity index (χ1v) is 11.2. The van der Waals surface area contributed by atoms with Gasteiger partial charge in [-0.25, -0.2) is 0 Å². The van der Waals surface area contributed by atoms with Crippen molar-refractivity contribution in [2.24, 2.45) is 0 Å². The van der Waals surface area contributed by atoms with E-state index in [1.165, 1.54) is 34.9 Å². The molecule has 0 aliphatic heterocycles. The van der Waals surface area contributed by atoms with Crippen LogP contribution >= 0.6 is 34.4 Å². The Bertz CT molecular complexity index is 886. The van der Waals surface area contributed by atoms with E-state index in [2.05, 4.69) is 27.0 Å². The molecule has 27 heavy (non-hydrogen) atoms. The van der Waals surface area contributed by atoms with E-state index in [0.717, 1.165) is 34.3 Å². The highest BCUT2D eigenvalue weighted by molar-refractivity contribution is 7.99. The Labute approximate surface area is 170 Å². The number of aromatic nitrogens is 3. The maximum Gasteiger partial charge on any atom is 0.216 e. The number of nitrogens with one attached hydrogen (secondary N) is 1. The number of nitrogens with zero attached hydrogens (tertiary/aromatic N) is 3. The number of carbonyl (C=O) groups is 2. The van der Waals surface area contributed by atoms with Crippen LogP contribution in [0.15, 0.2) is 41.1 Å². The van der Waals surface area contributed by atoms with Crippen LogP contribution in [0, 0.1) is 0 Å². The van der Waals surface area contributed by atoms with Gasteiger partial charge in [-0.1, -0.05) is 17.8 Å². The minimum atomic E-state index is -0.0394. The summed E-state index contributed by atoms with van der Waals surface area (Å²) in [5, 5.41) is 13.7. The number of rotatable bonds is 10. The first-order valence-electron chi connectivity index (χ1n) is 8.51. The number of hydrogen-bond donors (Lipinski definition) is 1. The van der Waals surface area contributed by atoms with Crippen molar-refractivity contribution in [3.8, 4) is 0 Å². The number of ketones is 1. The molecular weight excluding hydrogens is 400 g/mol. The topological polar surface area (TPSA) is 76.9 Å². The fourth-order valence-electron chi connectivity index (χ4n) is 2.42. The van der Waals surface area contributed by atoms with Gasteiger partial charge in [0.15, 0.2) is 10.9 Å². The zero-order valence-electron chi connectivity index (χ0n) is 14.9. The Morgan fingerprint density at radius 2 is 2.11 bits per heavy atom. The van der Waals surface area contributed by atoms with Crippen molar-refractivity contribution in [3.63, 3.8) is 0 Å². The number of hydrogen-bond acceptors (Lipinski definition) is 7. The molecule has 1 amide bonds. The van der Waals surface area contributed by atoms with Crippen LogP contribution in [0.25, 0.3) is 0 Å². The lowest BCUT2D eigenvalue weighted by Crippen LogP contribution is -2.22. The maximum absolute atomic E-state index is 12.5. The van der Waals surface area contributed by atoms with Gasteiger partial charge in [0.2, 0.25) is 5.91 Å². The summed E-state index contributed by atoms with van der Waals surface area (Å²) in [6.07, 6.45) is 3.38. The first kappa shape index (κ1) is 19.8. The van der Waals surface area contributed by atoms with Crippen LogP contribution in [0.3, 0.4) is 0 Å². The molecule has 3 aromatic heterocycles. The molecule has 9 heteroatoms. The highest BCUT2D eigenvalue weighted by atomic mass is 32.2. The van der Waals surface area contributed by atoms with E-state index in [4.69, 9.17) is 0 Å². The second-order valence-electron chi connectivity index (χ2n) is 5.85. The van der Waals surface area contributed by atoms with Crippen LogP contribution in [0.1, 0.15) is 26.3 Å². The average molecular weight is 421 g/mol. The van der Waals surface area contributed by atoms with Crippen molar-refractivity contribution in [1.29, 1.82) is 0 Å². The second kappa shape index (κ2) is 9.82. The molecule has 0 unspecified atom stereocenters. The molecule has 0 radical (unpaired) electrons. The van der Waals surface area contributed by atoms with Gasteiger partial charge in [0.1, 0.15) is 6.33 Å². The van der Waals surface area contributed by atoms with Crippen molar-refractivity contribution in [2.45, 2.75) is 31.5 Å². The summed E-state index contributed by atoms with van der Waals surface area (Å²) in [6, 6.07) is 7.98. The van der Waals surface area contributed by atoms with Gasteiger partial charge in [0, 0.05) is 29.8 Å². The molecule has 0 bridgehead atoms. The van der Waals surface area contributed by atoms with E-state index < -0.39 is 0 Å². The van der Waals surface area contributed by atoms with Gasteiger partial charge in [0.25, 0.3) is 0 Å². The van der Waals surface area contributed by atoms with Crippen LogP contribution in [-0.2, 0) is 24.2 Å². The normalized spacial score (nSPS) is 10.9. The van der Waals surface area contributed by atoms with Crippen molar-refractivity contribution >= 4 is 46.1 Å². The van der Waals surface area contributed by atoms with Crippen molar-refractivity contribution in [2.75, 3.05) is 12.3 Å². The van der Waals surface area contributed by atoms with Crippen LogP contribution < -0.4 is 5.32 Å². The minimum Gasteiger partial charge on any atom is -0.356 e. The van der Waals surface area contributed by atoms with E-state index >= 15 is 0 Å². The van der Waals surface area contributed by atoms with Crippen LogP contribution in [0.5, 0.6) is 0 Å². The first-order chi connectivity index (χ1) is 13.1. The van der Waals surface area contributed by atoms with E-state index in [-0.39, 0.29) is 11.7 Å². The summed E-state index contributed by atoms with van der Waals surface area (Å²) >= 11 is 4.64. The fraction of sp³-hybridized carbons (Fsp3) is 0.333. The predicted molar refractivity (Wildman–Crippen MR) is 110 cm³/mol. The fourth-order valence-corrected chi connectivity index (χ4v) is 4.98. The number of thioether (sulfide) groups is 1. The van der Waals surface area contributed by atoms with Crippen molar-refractivity contribution < 1.29 is 9.59 Å². The lowest BCUT2D eigenvalue weighted by atomic mass is 10.3. The Morgan fingerprint density at radius 3 is 2.89 bits per heavy atom. The van der Waals surface area contributed by atoms with Gasteiger partial charge in [-0.3, -0.25) is 9.59 Å². The molecule has 1 N–H and O–H groups in total. The molecule has 3 rings (SSSR count). The number of thiophene rings is 2. The molecule has 6 nitrogen and oxygen atoms in total. The van der Waals surface area contributed by atoms with Gasteiger partial charge in [0.05, 0.1) is 10.6 Å². The van der Waals surface area contributed by atoms with Crippen LogP contribution in [-0.4, -0.2) is 38.8 Å². The molecule has 0 aliphatic carbocycles. The third-order valence-corrected chi connectivity index (χ3v) is 6.88. The third-order valence-electron chi connectivity index (χ3n) is 3.77. The predicted octanol–water partition coefficient (Wildman–Crippen LogP) is 3.30. The minimum absolute atomic E-state index is 0.0394. The van der Waals surface area contributed by atoms with E-state index in [9.17, 15) is 9.59 Å². The average Bonchev–Trinajstić information content (AvgIpc) is 3.39. The van der Waals surface area contributed by atoms with E-state index in [0.29, 0.717) is 12.3 Å². The lowest BCUT2D eigenvalue weighted by molar-refractivity contribution is -0.118. The summed E-state index contributed by atoms with van der Waals surface area (Å²) < 4.78 is 1.99. The smallest absolute Gasteiger partial charge is 0.216 e. The maximum atomic E-state index is 12.5. The van der Waals surface area contributed by atoms with Crippen molar-refractivity contribution in [3.05, 3.63) is 50.6 Å². The van der Waals surface area contributed by atoms with Gasteiger partial charge in [-0.2, -0.15) is 0 Å². The molecule has 142 valence electrons. The largest absolute Gasteiger partial charge is 0.356 e. The molecule has 0 fully saturated rings. The number of carbonyl (C=O) groups excluding carboxylic acids is 2. The molecule has 0 saturated carbocycles. The molecular formula is C18H20N4O2S3. The summed E-state index contributed by atoms with van der Waals surface area (Å²) in [6.45, 7) is 2.89. The summed E-state index contributed by atoms with van der Waals surface area (Å²) in [4.78, 5) is 26.5. The molecule has 0 aliphatic rings. The molecule has 0 spiro atoms. The molecule has 0 atom stereocenters. The zero-order chi connectivity index (χ0) is 19.1. The van der Waals surface area contributed by atoms with Gasteiger partial charge in [-0.15, -0.1) is 32.9 Å². The third kappa shape index (κ3) is 6.02. The van der Waals surface area contributed by atoms with Gasteiger partial charge in [-0.05, 0) is 36.4 Å². The summed E-state index contributed by atoms with van der Waals surface area (Å²) in [5.41, 5.74) is 0.